The second-order valence-electron chi connectivity index (χ2n) is 4.18. The molecule has 0 saturated carbocycles. The van der Waals surface area contributed by atoms with Crippen molar-refractivity contribution in [3.63, 3.8) is 0 Å². The third-order valence-corrected chi connectivity index (χ3v) is 2.65. The summed E-state index contributed by atoms with van der Waals surface area (Å²) in [6.45, 7) is 4.04. The molecule has 8 nitrogen and oxygen atoms in total. The first-order valence-corrected chi connectivity index (χ1v) is 6.31. The molecule has 3 aromatic rings. The summed E-state index contributed by atoms with van der Waals surface area (Å²) >= 11 is 0. The lowest BCUT2D eigenvalue weighted by molar-refractivity contribution is 0.406. The minimum Gasteiger partial charge on any atom is -0.459 e. The molecule has 0 fully saturated rings. The van der Waals surface area contributed by atoms with E-state index in [-0.39, 0.29) is 0 Å². The molecular formula is C12H14N6O2. The van der Waals surface area contributed by atoms with Crippen LogP contribution in [0.5, 0.6) is 0 Å². The lowest BCUT2D eigenvalue weighted by Gasteiger charge is -1.94. The Morgan fingerprint density at radius 1 is 1.40 bits per heavy atom. The first-order valence-electron chi connectivity index (χ1n) is 6.31. The number of furan rings is 1. The molecule has 104 valence electrons. The summed E-state index contributed by atoms with van der Waals surface area (Å²) in [5.74, 6) is 1.43. The van der Waals surface area contributed by atoms with Gasteiger partial charge in [-0.25, -0.2) is 4.68 Å². The molecule has 0 aliphatic carbocycles. The number of hydrogen-bond acceptors (Lipinski definition) is 7. The highest BCUT2D eigenvalue weighted by Gasteiger charge is 2.12. The van der Waals surface area contributed by atoms with Crippen LogP contribution in [-0.2, 0) is 13.1 Å². The molecule has 0 radical (unpaired) electrons. The summed E-state index contributed by atoms with van der Waals surface area (Å²) in [6, 6.07) is 3.53. The van der Waals surface area contributed by atoms with Crippen molar-refractivity contribution in [2.45, 2.75) is 20.0 Å². The average molecular weight is 274 g/mol. The van der Waals surface area contributed by atoms with E-state index in [1.165, 1.54) is 0 Å². The van der Waals surface area contributed by atoms with Crippen molar-refractivity contribution in [3.05, 3.63) is 36.1 Å². The van der Waals surface area contributed by atoms with E-state index in [1.54, 1.807) is 23.1 Å². The summed E-state index contributed by atoms with van der Waals surface area (Å²) in [6.07, 6.45) is 3.41. The molecule has 3 heterocycles. The number of aromatic nitrogens is 5. The van der Waals surface area contributed by atoms with Crippen molar-refractivity contribution < 1.29 is 8.94 Å². The molecule has 3 aromatic heterocycles. The fourth-order valence-corrected chi connectivity index (χ4v) is 1.71. The topological polar surface area (TPSA) is 94.8 Å². The predicted octanol–water partition coefficient (Wildman–Crippen LogP) is 1.08. The van der Waals surface area contributed by atoms with Gasteiger partial charge in [0.15, 0.2) is 11.6 Å². The lowest BCUT2D eigenvalue weighted by atomic mass is 10.4. The average Bonchev–Trinajstić information content (AvgIpc) is 3.18. The Morgan fingerprint density at radius 2 is 2.35 bits per heavy atom. The molecule has 0 unspecified atom stereocenters. The molecule has 1 N–H and O–H groups in total. The van der Waals surface area contributed by atoms with Crippen LogP contribution >= 0.6 is 0 Å². The fourth-order valence-electron chi connectivity index (χ4n) is 1.71. The Bertz CT molecular complexity index is 657. The Balaban J connectivity index is 1.67. The van der Waals surface area contributed by atoms with Gasteiger partial charge in [0.2, 0.25) is 0 Å². The number of nitrogens with one attached hydrogen (secondary N) is 1. The van der Waals surface area contributed by atoms with Crippen LogP contribution in [-0.4, -0.2) is 31.7 Å². The Labute approximate surface area is 114 Å². The molecule has 0 saturated heterocycles. The maximum absolute atomic E-state index is 5.19. The van der Waals surface area contributed by atoms with E-state index < -0.39 is 0 Å². The zero-order valence-electron chi connectivity index (χ0n) is 11.0. The third-order valence-electron chi connectivity index (χ3n) is 2.65. The maximum Gasteiger partial charge on any atom is 0.293 e. The molecule has 8 heteroatoms. The minimum atomic E-state index is 0.359. The van der Waals surface area contributed by atoms with E-state index in [1.807, 2.05) is 13.1 Å². The first kappa shape index (κ1) is 12.5. The molecule has 0 amide bonds. The van der Waals surface area contributed by atoms with Crippen molar-refractivity contribution in [2.24, 2.45) is 0 Å². The highest BCUT2D eigenvalue weighted by molar-refractivity contribution is 5.42. The molecule has 0 aliphatic rings. The van der Waals surface area contributed by atoms with Crippen molar-refractivity contribution in [1.29, 1.82) is 0 Å². The van der Waals surface area contributed by atoms with Crippen LogP contribution < -0.4 is 5.32 Å². The quantitative estimate of drug-likeness (QED) is 0.718. The maximum atomic E-state index is 5.19. The second kappa shape index (κ2) is 5.66. The molecule has 0 spiro atoms. The SMILES string of the molecule is CCNCc1cn(Cc2noc(-c3ccco3)n2)nn1. The van der Waals surface area contributed by atoms with Gasteiger partial charge in [-0.1, -0.05) is 17.3 Å². The predicted molar refractivity (Wildman–Crippen MR) is 68.5 cm³/mol. The standard InChI is InChI=1S/C12H14N6O2/c1-2-13-6-9-7-18(17-15-9)8-11-14-12(20-16-11)10-4-3-5-19-10/h3-5,7,13H,2,6,8H2,1H3. The minimum absolute atomic E-state index is 0.359. The van der Waals surface area contributed by atoms with Gasteiger partial charge in [-0.15, -0.1) is 5.10 Å². The van der Waals surface area contributed by atoms with Gasteiger partial charge >= 0.3 is 0 Å². The highest BCUT2D eigenvalue weighted by Crippen LogP contribution is 2.17. The van der Waals surface area contributed by atoms with E-state index in [9.17, 15) is 0 Å². The molecule has 0 bridgehead atoms. The normalized spacial score (nSPS) is 11.1. The van der Waals surface area contributed by atoms with Crippen molar-refractivity contribution in [1.82, 2.24) is 30.5 Å². The molecule has 3 rings (SSSR count). The van der Waals surface area contributed by atoms with Crippen LogP contribution in [0.3, 0.4) is 0 Å². The number of rotatable bonds is 6. The number of hydrogen-bond donors (Lipinski definition) is 1. The van der Waals surface area contributed by atoms with E-state index in [4.69, 9.17) is 8.94 Å². The number of nitrogens with zero attached hydrogens (tertiary/aromatic N) is 5. The van der Waals surface area contributed by atoms with Crippen LogP contribution in [0.25, 0.3) is 11.7 Å². The zero-order valence-corrected chi connectivity index (χ0v) is 11.0. The zero-order chi connectivity index (χ0) is 13.8. The van der Waals surface area contributed by atoms with Gasteiger partial charge in [-0.05, 0) is 18.7 Å². The molecule has 0 atom stereocenters. The van der Waals surface area contributed by atoms with Gasteiger partial charge in [0, 0.05) is 6.54 Å². The third kappa shape index (κ3) is 2.75. The van der Waals surface area contributed by atoms with Gasteiger partial charge in [0.25, 0.3) is 5.89 Å². The Kier molecular flexibility index (Phi) is 3.55. The van der Waals surface area contributed by atoms with Gasteiger partial charge < -0.3 is 14.3 Å². The van der Waals surface area contributed by atoms with Crippen LogP contribution in [0.4, 0.5) is 0 Å². The van der Waals surface area contributed by atoms with Gasteiger partial charge in [-0.2, -0.15) is 4.98 Å². The molecule has 20 heavy (non-hydrogen) atoms. The van der Waals surface area contributed by atoms with Gasteiger partial charge in [-0.3, -0.25) is 0 Å². The smallest absolute Gasteiger partial charge is 0.293 e. The van der Waals surface area contributed by atoms with Gasteiger partial charge in [0.1, 0.15) is 6.54 Å². The Hall–Kier alpha value is -2.48. The van der Waals surface area contributed by atoms with E-state index >= 15 is 0 Å². The second-order valence-corrected chi connectivity index (χ2v) is 4.18. The van der Waals surface area contributed by atoms with Crippen LogP contribution in [0.15, 0.2) is 33.5 Å². The summed E-state index contributed by atoms with van der Waals surface area (Å²) < 4.78 is 12.0. The summed E-state index contributed by atoms with van der Waals surface area (Å²) in [4.78, 5) is 4.24. The Morgan fingerprint density at radius 3 is 3.15 bits per heavy atom. The van der Waals surface area contributed by atoms with Crippen molar-refractivity contribution >= 4 is 0 Å². The van der Waals surface area contributed by atoms with Gasteiger partial charge in [0.05, 0.1) is 18.2 Å². The monoisotopic (exact) mass is 274 g/mol. The summed E-state index contributed by atoms with van der Waals surface area (Å²) in [5, 5.41) is 15.1. The van der Waals surface area contributed by atoms with E-state index in [0.29, 0.717) is 30.6 Å². The molecule has 0 aromatic carbocycles. The van der Waals surface area contributed by atoms with Crippen LogP contribution in [0, 0.1) is 0 Å². The van der Waals surface area contributed by atoms with Crippen LogP contribution in [0.2, 0.25) is 0 Å². The van der Waals surface area contributed by atoms with E-state index in [2.05, 4.69) is 25.8 Å². The van der Waals surface area contributed by atoms with Crippen molar-refractivity contribution in [2.75, 3.05) is 6.54 Å². The fraction of sp³-hybridized carbons (Fsp3) is 0.333. The molecular weight excluding hydrogens is 260 g/mol. The highest BCUT2D eigenvalue weighted by atomic mass is 16.5. The summed E-state index contributed by atoms with van der Waals surface area (Å²) in [7, 11) is 0. The molecule has 0 aliphatic heterocycles. The summed E-state index contributed by atoms with van der Waals surface area (Å²) in [5.41, 5.74) is 0.876. The van der Waals surface area contributed by atoms with Crippen LogP contribution in [0.1, 0.15) is 18.4 Å². The first-order chi connectivity index (χ1) is 9.85. The largest absolute Gasteiger partial charge is 0.459 e. The lowest BCUT2D eigenvalue weighted by Crippen LogP contribution is -2.11. The van der Waals surface area contributed by atoms with Crippen molar-refractivity contribution in [3.8, 4) is 11.7 Å². The van der Waals surface area contributed by atoms with E-state index in [0.717, 1.165) is 12.2 Å².